The lowest BCUT2D eigenvalue weighted by molar-refractivity contribution is -0.128. The molecular formula is C23H29N3O5S. The molecule has 3 rings (SSSR count). The summed E-state index contributed by atoms with van der Waals surface area (Å²) in [4.78, 5) is 24.7. The van der Waals surface area contributed by atoms with E-state index in [0.717, 1.165) is 11.1 Å². The van der Waals surface area contributed by atoms with Crippen molar-refractivity contribution in [3.63, 3.8) is 0 Å². The fourth-order valence-corrected chi connectivity index (χ4v) is 4.75. The van der Waals surface area contributed by atoms with Crippen LogP contribution in [0.15, 0.2) is 59.5 Å². The van der Waals surface area contributed by atoms with Crippen LogP contribution in [0, 0.1) is 0 Å². The first kappa shape index (κ1) is 23.9. The van der Waals surface area contributed by atoms with Crippen LogP contribution in [0.25, 0.3) is 0 Å². The van der Waals surface area contributed by atoms with Crippen LogP contribution in [-0.2, 0) is 37.3 Å². The van der Waals surface area contributed by atoms with E-state index in [9.17, 15) is 18.0 Å². The molecule has 1 heterocycles. The fourth-order valence-electron chi connectivity index (χ4n) is 3.34. The number of amides is 2. The third-order valence-corrected chi connectivity index (χ3v) is 7.17. The Morgan fingerprint density at radius 2 is 1.66 bits per heavy atom. The maximum atomic E-state index is 12.7. The molecule has 2 aromatic rings. The van der Waals surface area contributed by atoms with Crippen molar-refractivity contribution in [3.8, 4) is 0 Å². The van der Waals surface area contributed by atoms with Crippen LogP contribution in [0.1, 0.15) is 24.5 Å². The monoisotopic (exact) mass is 459 g/mol. The van der Waals surface area contributed by atoms with Crippen LogP contribution in [0.4, 0.5) is 0 Å². The Bertz CT molecular complexity index is 1000. The predicted molar refractivity (Wildman–Crippen MR) is 120 cm³/mol. The Morgan fingerprint density at radius 3 is 2.31 bits per heavy atom. The maximum Gasteiger partial charge on any atom is 0.243 e. The summed E-state index contributed by atoms with van der Waals surface area (Å²) in [5.74, 6) is -0.489. The molecule has 1 unspecified atom stereocenters. The highest BCUT2D eigenvalue weighted by atomic mass is 32.2. The molecule has 2 aromatic carbocycles. The number of hydrogen-bond acceptors (Lipinski definition) is 5. The predicted octanol–water partition coefficient (Wildman–Crippen LogP) is 1.46. The summed E-state index contributed by atoms with van der Waals surface area (Å²) >= 11 is 0. The third-order valence-electron chi connectivity index (χ3n) is 5.25. The van der Waals surface area contributed by atoms with Crippen molar-refractivity contribution in [2.24, 2.45) is 0 Å². The molecule has 1 atom stereocenters. The number of nitrogens with zero attached hydrogens (tertiary/aromatic N) is 1. The van der Waals surface area contributed by atoms with Gasteiger partial charge in [-0.25, -0.2) is 8.42 Å². The number of carbonyl (C=O) groups excluding carboxylic acids is 2. The number of morpholine rings is 1. The van der Waals surface area contributed by atoms with E-state index < -0.39 is 16.1 Å². The van der Waals surface area contributed by atoms with Crippen molar-refractivity contribution < 1.29 is 22.7 Å². The van der Waals surface area contributed by atoms with Crippen molar-refractivity contribution in [1.82, 2.24) is 14.9 Å². The zero-order chi connectivity index (χ0) is 23.0. The molecule has 0 radical (unpaired) electrons. The Morgan fingerprint density at radius 1 is 1.00 bits per heavy atom. The van der Waals surface area contributed by atoms with Crippen molar-refractivity contribution in [2.75, 3.05) is 26.3 Å². The number of nitrogens with one attached hydrogen (secondary N) is 2. The van der Waals surface area contributed by atoms with E-state index >= 15 is 0 Å². The number of ether oxygens (including phenoxy) is 1. The number of sulfonamides is 1. The number of benzene rings is 2. The molecule has 8 nitrogen and oxygen atoms in total. The molecule has 1 aliphatic heterocycles. The molecule has 172 valence electrons. The van der Waals surface area contributed by atoms with E-state index in [1.165, 1.54) is 4.31 Å². The molecule has 1 fully saturated rings. The molecule has 1 aliphatic rings. The highest BCUT2D eigenvalue weighted by molar-refractivity contribution is 7.89. The minimum atomic E-state index is -3.53. The highest BCUT2D eigenvalue weighted by Crippen LogP contribution is 2.18. The largest absolute Gasteiger partial charge is 0.379 e. The number of aryl methyl sites for hydroxylation is 1. The Balaban J connectivity index is 1.44. The molecule has 1 saturated heterocycles. The summed E-state index contributed by atoms with van der Waals surface area (Å²) in [6.45, 7) is 3.54. The van der Waals surface area contributed by atoms with Gasteiger partial charge in [0.25, 0.3) is 0 Å². The minimum absolute atomic E-state index is 0.200. The summed E-state index contributed by atoms with van der Waals surface area (Å²) in [5.41, 5.74) is 1.83. The molecular weight excluding hydrogens is 430 g/mol. The van der Waals surface area contributed by atoms with Crippen molar-refractivity contribution in [2.45, 2.75) is 37.2 Å². The molecule has 32 heavy (non-hydrogen) atoms. The molecule has 0 aromatic heterocycles. The lowest BCUT2D eigenvalue weighted by Crippen LogP contribution is -2.44. The maximum absolute atomic E-state index is 12.7. The highest BCUT2D eigenvalue weighted by Gasteiger charge is 2.26. The van der Waals surface area contributed by atoms with Gasteiger partial charge in [0.15, 0.2) is 0 Å². The van der Waals surface area contributed by atoms with Gasteiger partial charge >= 0.3 is 0 Å². The molecule has 0 bridgehead atoms. The van der Waals surface area contributed by atoms with Crippen molar-refractivity contribution in [1.29, 1.82) is 0 Å². The van der Waals surface area contributed by atoms with Gasteiger partial charge in [0.2, 0.25) is 21.8 Å². The first-order valence-corrected chi connectivity index (χ1v) is 12.1. The van der Waals surface area contributed by atoms with Crippen LogP contribution in [-0.4, -0.2) is 56.9 Å². The van der Waals surface area contributed by atoms with Crippen LogP contribution in [0.3, 0.4) is 0 Å². The van der Waals surface area contributed by atoms with Crippen LogP contribution < -0.4 is 10.6 Å². The lowest BCUT2D eigenvalue weighted by Gasteiger charge is -2.26. The minimum Gasteiger partial charge on any atom is -0.379 e. The van der Waals surface area contributed by atoms with Crippen LogP contribution in [0.2, 0.25) is 0 Å². The second kappa shape index (κ2) is 11.2. The average Bonchev–Trinajstić information content (AvgIpc) is 2.82. The van der Waals surface area contributed by atoms with Crippen LogP contribution >= 0.6 is 0 Å². The Labute approximate surface area is 189 Å². The molecule has 0 aliphatic carbocycles. The van der Waals surface area contributed by atoms with E-state index in [2.05, 4.69) is 10.6 Å². The number of hydrogen-bond donors (Lipinski definition) is 2. The van der Waals surface area contributed by atoms with Crippen molar-refractivity contribution in [3.05, 3.63) is 65.7 Å². The standard InChI is InChI=1S/C23H29N3O5S/c1-18(23(28)24-17-20-5-3-2-4-6-20)25-22(27)12-9-19-7-10-21(11-8-19)32(29,30)26-13-15-31-16-14-26/h2-8,10-11,18H,9,12-17H2,1H3,(H,24,28)(H,25,27). The van der Waals surface area contributed by atoms with Gasteiger partial charge in [-0.15, -0.1) is 0 Å². The van der Waals surface area contributed by atoms with E-state index in [0.29, 0.717) is 39.3 Å². The van der Waals surface area contributed by atoms with Gasteiger partial charge in [0.05, 0.1) is 18.1 Å². The fraction of sp³-hybridized carbons (Fsp3) is 0.391. The summed E-state index contributed by atoms with van der Waals surface area (Å²) in [5, 5.41) is 5.50. The van der Waals surface area contributed by atoms with Gasteiger partial charge in [-0.2, -0.15) is 4.31 Å². The van der Waals surface area contributed by atoms with Gasteiger partial charge in [-0.3, -0.25) is 9.59 Å². The normalized spacial score (nSPS) is 15.7. The average molecular weight is 460 g/mol. The van der Waals surface area contributed by atoms with Gasteiger partial charge < -0.3 is 15.4 Å². The topological polar surface area (TPSA) is 105 Å². The summed E-state index contributed by atoms with van der Waals surface area (Å²) in [7, 11) is -3.53. The lowest BCUT2D eigenvalue weighted by atomic mass is 10.1. The summed E-state index contributed by atoms with van der Waals surface area (Å²) in [6, 6.07) is 15.5. The Kier molecular flexibility index (Phi) is 8.38. The van der Waals surface area contributed by atoms with E-state index in [1.54, 1.807) is 31.2 Å². The molecule has 0 saturated carbocycles. The Hall–Kier alpha value is -2.75. The van der Waals surface area contributed by atoms with Crippen LogP contribution in [0.5, 0.6) is 0 Å². The SMILES string of the molecule is CC(NC(=O)CCc1ccc(S(=O)(=O)N2CCOCC2)cc1)C(=O)NCc1ccccc1. The second-order valence-electron chi connectivity index (χ2n) is 7.65. The van der Waals surface area contributed by atoms with E-state index in [1.807, 2.05) is 30.3 Å². The first-order valence-electron chi connectivity index (χ1n) is 10.6. The zero-order valence-corrected chi connectivity index (χ0v) is 18.9. The van der Waals surface area contributed by atoms with E-state index in [4.69, 9.17) is 4.74 Å². The second-order valence-corrected chi connectivity index (χ2v) is 9.59. The number of carbonyl (C=O) groups is 2. The summed E-state index contributed by atoms with van der Waals surface area (Å²) in [6.07, 6.45) is 0.647. The van der Waals surface area contributed by atoms with Gasteiger partial charge in [-0.1, -0.05) is 42.5 Å². The molecule has 2 N–H and O–H groups in total. The smallest absolute Gasteiger partial charge is 0.243 e. The molecule has 0 spiro atoms. The van der Waals surface area contributed by atoms with Gasteiger partial charge in [-0.05, 0) is 36.6 Å². The summed E-state index contributed by atoms with van der Waals surface area (Å²) < 4.78 is 32.0. The quantitative estimate of drug-likeness (QED) is 0.591. The zero-order valence-electron chi connectivity index (χ0n) is 18.1. The van der Waals surface area contributed by atoms with Gasteiger partial charge in [0, 0.05) is 26.1 Å². The molecule has 9 heteroatoms. The number of rotatable bonds is 9. The van der Waals surface area contributed by atoms with Gasteiger partial charge in [0.1, 0.15) is 6.04 Å². The third kappa shape index (κ3) is 6.62. The first-order chi connectivity index (χ1) is 15.4. The van der Waals surface area contributed by atoms with Crippen molar-refractivity contribution >= 4 is 21.8 Å². The molecule has 2 amide bonds. The van der Waals surface area contributed by atoms with E-state index in [-0.39, 0.29) is 23.1 Å².